The number of halogens is 1. The Hall–Kier alpha value is -1.70. The van der Waals surface area contributed by atoms with Crippen molar-refractivity contribution in [1.82, 2.24) is 4.98 Å². The molecule has 1 aromatic carbocycles. The van der Waals surface area contributed by atoms with Crippen LogP contribution in [0.15, 0.2) is 29.2 Å². The Morgan fingerprint density at radius 3 is 2.65 bits per heavy atom. The lowest BCUT2D eigenvalue weighted by Gasteiger charge is -2.16. The number of aromatic carboxylic acids is 1. The highest BCUT2D eigenvalue weighted by atomic mass is 79.9. The molecule has 0 radical (unpaired) electrons. The molecule has 2 unspecified atom stereocenters. The number of carboxylic acids is 1. The van der Waals surface area contributed by atoms with Crippen LogP contribution in [0.2, 0.25) is 0 Å². The summed E-state index contributed by atoms with van der Waals surface area (Å²) >= 11 is 3.05. The van der Waals surface area contributed by atoms with Crippen molar-refractivity contribution >= 4 is 32.8 Å². The van der Waals surface area contributed by atoms with Crippen LogP contribution in [0.25, 0.3) is 10.9 Å². The number of aromatic nitrogens is 1. The van der Waals surface area contributed by atoms with E-state index in [-0.39, 0.29) is 16.3 Å². The smallest absolute Gasteiger partial charge is 0.341 e. The zero-order valence-electron chi connectivity index (χ0n) is 10.2. The number of hydrogen-bond donors (Lipinski definition) is 4. The summed E-state index contributed by atoms with van der Waals surface area (Å²) < 4.78 is 0. The van der Waals surface area contributed by atoms with Crippen molar-refractivity contribution in [1.29, 1.82) is 0 Å². The molecule has 106 valence electrons. The summed E-state index contributed by atoms with van der Waals surface area (Å²) in [4.78, 5) is 25.7. The van der Waals surface area contributed by atoms with Gasteiger partial charge in [-0.2, -0.15) is 0 Å². The zero-order valence-corrected chi connectivity index (χ0v) is 11.8. The summed E-state index contributed by atoms with van der Waals surface area (Å²) in [6.07, 6.45) is -1.04. The predicted molar refractivity (Wildman–Crippen MR) is 76.3 cm³/mol. The number of pyridine rings is 1. The van der Waals surface area contributed by atoms with Crippen LogP contribution in [-0.2, 0) is 0 Å². The van der Waals surface area contributed by atoms with Crippen molar-refractivity contribution in [2.75, 3.05) is 5.33 Å². The molecule has 1 aromatic heterocycles. The number of carboxylic acid groups (broad SMARTS) is 1. The van der Waals surface area contributed by atoms with Gasteiger partial charge in [0.05, 0.1) is 6.10 Å². The molecule has 0 saturated carbocycles. The average molecular weight is 342 g/mol. The summed E-state index contributed by atoms with van der Waals surface area (Å²) in [5, 5.41) is 28.7. The van der Waals surface area contributed by atoms with Gasteiger partial charge in [-0.1, -0.05) is 22.0 Å². The lowest BCUT2D eigenvalue weighted by Crippen LogP contribution is -2.20. The molecule has 0 aliphatic heterocycles. The van der Waals surface area contributed by atoms with Crippen LogP contribution in [0.4, 0.5) is 0 Å². The third-order valence-corrected chi connectivity index (χ3v) is 3.66. The molecule has 20 heavy (non-hydrogen) atoms. The second-order valence-corrected chi connectivity index (χ2v) is 4.96. The van der Waals surface area contributed by atoms with Crippen molar-refractivity contribution in [2.24, 2.45) is 0 Å². The number of aliphatic hydroxyl groups is 2. The molecule has 0 fully saturated rings. The molecule has 1 heterocycles. The van der Waals surface area contributed by atoms with Crippen LogP contribution in [0, 0.1) is 0 Å². The van der Waals surface area contributed by atoms with E-state index in [0.717, 1.165) is 6.20 Å². The minimum atomic E-state index is -1.32. The first-order valence-electron chi connectivity index (χ1n) is 5.76. The van der Waals surface area contributed by atoms with Crippen molar-refractivity contribution in [2.45, 2.75) is 12.2 Å². The van der Waals surface area contributed by atoms with E-state index < -0.39 is 23.6 Å². The fraction of sp³-hybridized carbons (Fsp3) is 0.231. The van der Waals surface area contributed by atoms with Crippen molar-refractivity contribution in [3.63, 3.8) is 0 Å². The van der Waals surface area contributed by atoms with Crippen LogP contribution >= 0.6 is 15.9 Å². The van der Waals surface area contributed by atoms with E-state index >= 15 is 0 Å². The number of nitrogens with one attached hydrogen (secondary N) is 1. The highest BCUT2D eigenvalue weighted by molar-refractivity contribution is 9.09. The number of rotatable bonds is 4. The largest absolute Gasteiger partial charge is 0.477 e. The maximum Gasteiger partial charge on any atom is 0.341 e. The van der Waals surface area contributed by atoms with Gasteiger partial charge in [0.2, 0.25) is 5.43 Å². The van der Waals surface area contributed by atoms with E-state index in [0.29, 0.717) is 11.1 Å². The molecule has 0 bridgehead atoms. The second-order valence-electron chi connectivity index (χ2n) is 4.31. The Labute approximate surface area is 121 Å². The van der Waals surface area contributed by atoms with Crippen LogP contribution in [0.3, 0.4) is 0 Å². The molecule has 0 saturated heterocycles. The van der Waals surface area contributed by atoms with Gasteiger partial charge in [0.15, 0.2) is 0 Å². The quantitative estimate of drug-likeness (QED) is 0.620. The summed E-state index contributed by atoms with van der Waals surface area (Å²) in [5.41, 5.74) is -0.194. The predicted octanol–water partition coefficient (Wildman–Crippen LogP) is 1.02. The maximum atomic E-state index is 12.0. The average Bonchev–Trinajstić information content (AvgIpc) is 2.45. The van der Waals surface area contributed by atoms with Crippen molar-refractivity contribution < 1.29 is 20.1 Å². The Kier molecular flexibility index (Phi) is 4.22. The third kappa shape index (κ3) is 2.60. The highest BCUT2D eigenvalue weighted by Crippen LogP contribution is 2.21. The van der Waals surface area contributed by atoms with Crippen LogP contribution in [-0.4, -0.2) is 37.7 Å². The van der Waals surface area contributed by atoms with Crippen LogP contribution in [0.5, 0.6) is 0 Å². The number of H-pyrrole nitrogens is 1. The van der Waals surface area contributed by atoms with E-state index in [1.165, 1.54) is 6.07 Å². The van der Waals surface area contributed by atoms with Crippen LogP contribution in [0.1, 0.15) is 22.0 Å². The van der Waals surface area contributed by atoms with E-state index in [1.54, 1.807) is 12.1 Å². The molecule has 2 atom stereocenters. The summed E-state index contributed by atoms with van der Waals surface area (Å²) in [5.74, 6) is -1.32. The van der Waals surface area contributed by atoms with E-state index in [2.05, 4.69) is 20.9 Å². The lowest BCUT2D eigenvalue weighted by molar-refractivity contribution is 0.0343. The molecule has 7 heteroatoms. The van der Waals surface area contributed by atoms with E-state index in [4.69, 9.17) is 5.11 Å². The zero-order chi connectivity index (χ0) is 14.9. The number of hydrogen-bond acceptors (Lipinski definition) is 4. The first-order chi connectivity index (χ1) is 9.45. The SMILES string of the molecule is O=C(O)c1c[nH]c2ccc(C(O)C(O)CBr)cc2c1=O. The number of benzene rings is 1. The Balaban J connectivity index is 2.60. The number of fused-ring (bicyclic) bond motifs is 1. The fourth-order valence-electron chi connectivity index (χ4n) is 1.89. The molecule has 4 N–H and O–H groups in total. The Morgan fingerprint density at radius 1 is 1.35 bits per heavy atom. The van der Waals surface area contributed by atoms with Gasteiger partial charge < -0.3 is 20.3 Å². The minimum Gasteiger partial charge on any atom is -0.477 e. The topological polar surface area (TPSA) is 111 Å². The van der Waals surface area contributed by atoms with Gasteiger partial charge in [-0.05, 0) is 17.7 Å². The molecular weight excluding hydrogens is 330 g/mol. The van der Waals surface area contributed by atoms with Gasteiger partial charge in [0, 0.05) is 22.4 Å². The second kappa shape index (κ2) is 5.74. The fourth-order valence-corrected chi connectivity index (χ4v) is 2.24. The van der Waals surface area contributed by atoms with Gasteiger partial charge in [0.1, 0.15) is 11.7 Å². The van der Waals surface area contributed by atoms with Crippen molar-refractivity contribution in [3.05, 3.63) is 45.7 Å². The number of alkyl halides is 1. The Bertz CT molecular complexity index is 711. The Morgan fingerprint density at radius 2 is 2.05 bits per heavy atom. The highest BCUT2D eigenvalue weighted by Gasteiger charge is 2.19. The van der Waals surface area contributed by atoms with Gasteiger partial charge in [-0.15, -0.1) is 0 Å². The molecule has 0 spiro atoms. The number of carbonyl (C=O) groups is 1. The standard InChI is InChI=1S/C13H12BrNO5/c14-4-10(16)11(17)6-1-2-9-7(3-6)12(18)8(5-15-9)13(19)20/h1-3,5,10-11,16-17H,4H2,(H,15,18)(H,19,20). The van der Waals surface area contributed by atoms with Gasteiger partial charge in [-0.25, -0.2) is 4.79 Å². The maximum absolute atomic E-state index is 12.0. The molecule has 2 aromatic rings. The number of aromatic amines is 1. The monoisotopic (exact) mass is 341 g/mol. The molecule has 6 nitrogen and oxygen atoms in total. The normalized spacial score (nSPS) is 14.2. The summed E-state index contributed by atoms with van der Waals surface area (Å²) in [6.45, 7) is 0. The molecule has 0 aliphatic rings. The van der Waals surface area contributed by atoms with Crippen molar-refractivity contribution in [3.8, 4) is 0 Å². The molecule has 0 aliphatic carbocycles. The molecular formula is C13H12BrNO5. The lowest BCUT2D eigenvalue weighted by atomic mass is 10.0. The van der Waals surface area contributed by atoms with Gasteiger partial charge in [0.25, 0.3) is 0 Å². The van der Waals surface area contributed by atoms with Crippen LogP contribution < -0.4 is 5.43 Å². The summed E-state index contributed by atoms with van der Waals surface area (Å²) in [7, 11) is 0. The molecule has 2 rings (SSSR count). The summed E-state index contributed by atoms with van der Waals surface area (Å²) in [6, 6.07) is 4.51. The van der Waals surface area contributed by atoms with Gasteiger partial charge in [-0.3, -0.25) is 4.79 Å². The van der Waals surface area contributed by atoms with E-state index in [1.807, 2.05) is 0 Å². The first-order valence-corrected chi connectivity index (χ1v) is 6.88. The first kappa shape index (κ1) is 14.7. The third-order valence-electron chi connectivity index (χ3n) is 3.00. The number of aliphatic hydroxyl groups excluding tert-OH is 2. The minimum absolute atomic E-state index is 0.156. The molecule has 0 amide bonds. The van der Waals surface area contributed by atoms with E-state index in [9.17, 15) is 19.8 Å². The van der Waals surface area contributed by atoms with Gasteiger partial charge >= 0.3 is 5.97 Å².